The Hall–Kier alpha value is -1.55. The molecule has 0 amide bonds. The topological polar surface area (TPSA) is 41.6 Å². The van der Waals surface area contributed by atoms with Crippen LogP contribution in [0.2, 0.25) is 0 Å². The number of methoxy groups -OCH3 is 1. The number of Topliss-reactive ketones (excluding diaryl/α,β-unsaturated/α-hetero) is 1. The van der Waals surface area contributed by atoms with Gasteiger partial charge in [0.15, 0.2) is 0 Å². The van der Waals surface area contributed by atoms with Crippen molar-refractivity contribution in [1.29, 1.82) is 0 Å². The highest BCUT2D eigenvalue weighted by atomic mass is 16.5. The number of nitrogens with one attached hydrogen (secondary N) is 1. The minimum atomic E-state index is -0.0805. The zero-order valence-electron chi connectivity index (χ0n) is 14.2. The van der Waals surface area contributed by atoms with Gasteiger partial charge in [-0.2, -0.15) is 0 Å². The Morgan fingerprint density at radius 3 is 2.79 bits per heavy atom. The van der Waals surface area contributed by atoms with E-state index in [9.17, 15) is 4.79 Å². The van der Waals surface area contributed by atoms with Crippen LogP contribution in [0.1, 0.15) is 44.1 Å². The largest absolute Gasteiger partial charge is 0.495 e. The van der Waals surface area contributed by atoms with E-state index in [1.165, 1.54) is 17.7 Å². The number of piperidine rings is 1. The highest BCUT2D eigenvalue weighted by Gasteiger charge is 2.77. The molecule has 2 saturated heterocycles. The number of hydrogen-bond donors (Lipinski definition) is 1. The molecule has 0 radical (unpaired) electrons. The molecule has 126 valence electrons. The number of carbonyl (C=O) groups is 1. The molecule has 6 aliphatic rings. The van der Waals surface area contributed by atoms with Crippen molar-refractivity contribution < 1.29 is 9.53 Å². The summed E-state index contributed by atoms with van der Waals surface area (Å²) in [5, 5.41) is 3.96. The molecule has 4 nitrogen and oxygen atoms in total. The van der Waals surface area contributed by atoms with Gasteiger partial charge in [0.2, 0.25) is 0 Å². The summed E-state index contributed by atoms with van der Waals surface area (Å²) < 4.78 is 5.68. The molecule has 3 aliphatic carbocycles. The Bertz CT molecular complexity index is 765. The number of ether oxygens (including phenoxy) is 1. The molecular weight excluding hydrogens is 300 g/mol. The van der Waals surface area contributed by atoms with Gasteiger partial charge in [-0.1, -0.05) is 12.1 Å². The molecule has 3 saturated carbocycles. The van der Waals surface area contributed by atoms with Crippen LogP contribution in [0.4, 0.5) is 5.69 Å². The van der Waals surface area contributed by atoms with Gasteiger partial charge in [0, 0.05) is 35.4 Å². The molecular formula is C20H24N2O2. The first kappa shape index (κ1) is 13.7. The van der Waals surface area contributed by atoms with Crippen LogP contribution in [0.5, 0.6) is 5.75 Å². The summed E-state index contributed by atoms with van der Waals surface area (Å²) in [4.78, 5) is 15.7. The number of nitrogens with zero attached hydrogens (tertiary/aromatic N) is 1. The van der Waals surface area contributed by atoms with Crippen molar-refractivity contribution in [1.82, 2.24) is 4.90 Å². The van der Waals surface area contributed by atoms with Crippen LogP contribution in [0.3, 0.4) is 0 Å². The molecule has 0 aromatic heterocycles. The van der Waals surface area contributed by atoms with Crippen LogP contribution >= 0.6 is 0 Å². The molecule has 7 rings (SSSR count). The van der Waals surface area contributed by atoms with Crippen molar-refractivity contribution >= 4 is 11.5 Å². The lowest BCUT2D eigenvalue weighted by atomic mass is 9.41. The highest BCUT2D eigenvalue weighted by molar-refractivity contribution is 5.89. The van der Waals surface area contributed by atoms with Gasteiger partial charge in [0.25, 0.3) is 0 Å². The molecule has 1 N–H and O–H groups in total. The first-order valence-electron chi connectivity index (χ1n) is 9.40. The summed E-state index contributed by atoms with van der Waals surface area (Å²) in [7, 11) is 1.76. The van der Waals surface area contributed by atoms with E-state index in [0.717, 1.165) is 50.9 Å². The summed E-state index contributed by atoms with van der Waals surface area (Å²) >= 11 is 0. The number of anilines is 1. The van der Waals surface area contributed by atoms with Crippen LogP contribution in [-0.2, 0) is 10.2 Å². The third-order valence-electron chi connectivity index (χ3n) is 8.27. The number of hydrogen-bond acceptors (Lipinski definition) is 4. The van der Waals surface area contributed by atoms with Crippen LogP contribution in [0.15, 0.2) is 18.2 Å². The zero-order chi connectivity index (χ0) is 16.2. The molecule has 2 bridgehead atoms. The average Bonchev–Trinajstić information content (AvgIpc) is 3.16. The van der Waals surface area contributed by atoms with E-state index >= 15 is 0 Å². The summed E-state index contributed by atoms with van der Waals surface area (Å²) in [5.74, 6) is 1.51. The number of carbonyl (C=O) groups excluding carboxylic acids is 1. The summed E-state index contributed by atoms with van der Waals surface area (Å²) in [5.41, 5.74) is 2.78. The second-order valence-corrected chi connectivity index (χ2v) is 8.58. The van der Waals surface area contributed by atoms with Crippen molar-refractivity contribution in [3.05, 3.63) is 23.8 Å². The van der Waals surface area contributed by atoms with Gasteiger partial charge in [-0.25, -0.2) is 0 Å². The Morgan fingerprint density at radius 2 is 2.00 bits per heavy atom. The number of benzene rings is 1. The fourth-order valence-corrected chi connectivity index (χ4v) is 7.45. The second kappa shape index (κ2) is 3.98. The Morgan fingerprint density at radius 1 is 1.17 bits per heavy atom. The molecule has 5 fully saturated rings. The molecule has 2 unspecified atom stereocenters. The minimum absolute atomic E-state index is 0.0805. The fraction of sp³-hybridized carbons (Fsp3) is 0.650. The van der Waals surface area contributed by atoms with E-state index in [4.69, 9.17) is 4.74 Å². The lowest BCUT2D eigenvalue weighted by Crippen LogP contribution is -2.74. The van der Waals surface area contributed by atoms with Crippen LogP contribution in [-0.4, -0.2) is 42.5 Å². The third kappa shape index (κ3) is 1.17. The molecule has 1 aromatic carbocycles. The van der Waals surface area contributed by atoms with E-state index in [1.54, 1.807) is 7.11 Å². The summed E-state index contributed by atoms with van der Waals surface area (Å²) in [6.07, 6.45) is 6.33. The van der Waals surface area contributed by atoms with Crippen LogP contribution in [0.25, 0.3) is 0 Å². The number of ketones is 1. The standard InChI is InChI=1S/C20H24N2O2/c1-24-14-4-2-3-13-16(14)21-19-8-6-18(7-9-19)15(23)5-11-22-12-10-20(13,19)17(18)22/h2-4,17,21H,5-12H2,1H3. The van der Waals surface area contributed by atoms with Gasteiger partial charge in [0.1, 0.15) is 11.5 Å². The van der Waals surface area contributed by atoms with E-state index in [0.29, 0.717) is 11.8 Å². The van der Waals surface area contributed by atoms with Crippen molar-refractivity contribution in [2.24, 2.45) is 5.41 Å². The molecule has 1 aromatic rings. The van der Waals surface area contributed by atoms with E-state index in [2.05, 4.69) is 28.4 Å². The first-order valence-corrected chi connectivity index (χ1v) is 9.40. The van der Waals surface area contributed by atoms with Gasteiger partial charge in [-0.3, -0.25) is 9.69 Å². The number of para-hydroxylation sites is 1. The third-order valence-corrected chi connectivity index (χ3v) is 8.27. The van der Waals surface area contributed by atoms with Crippen molar-refractivity contribution in [3.63, 3.8) is 0 Å². The van der Waals surface area contributed by atoms with Crippen molar-refractivity contribution in [3.8, 4) is 5.75 Å². The SMILES string of the molecule is COc1cccc2c1NC13CCC4(CC1)C(=O)CCN1CCC23C14. The Balaban J connectivity index is 1.66. The highest BCUT2D eigenvalue weighted by Crippen LogP contribution is 2.72. The number of fused-ring (bicyclic) bond motifs is 3. The monoisotopic (exact) mass is 324 g/mol. The Labute approximate surface area is 142 Å². The Kier molecular flexibility index (Phi) is 2.28. The number of rotatable bonds is 1. The van der Waals surface area contributed by atoms with Gasteiger partial charge in [-0.05, 0) is 50.3 Å². The molecule has 4 heteroatoms. The fourth-order valence-electron chi connectivity index (χ4n) is 7.45. The average molecular weight is 324 g/mol. The second-order valence-electron chi connectivity index (χ2n) is 8.58. The molecule has 3 aliphatic heterocycles. The quantitative estimate of drug-likeness (QED) is 0.862. The molecule has 3 heterocycles. The van der Waals surface area contributed by atoms with Crippen molar-refractivity contribution in [2.45, 2.75) is 55.5 Å². The first-order chi connectivity index (χ1) is 11.7. The van der Waals surface area contributed by atoms with Gasteiger partial charge in [0.05, 0.1) is 12.8 Å². The molecule has 2 atom stereocenters. The van der Waals surface area contributed by atoms with E-state index < -0.39 is 0 Å². The summed E-state index contributed by atoms with van der Waals surface area (Å²) in [6, 6.07) is 6.90. The normalized spacial score (nSPS) is 44.7. The predicted molar refractivity (Wildman–Crippen MR) is 91.5 cm³/mol. The predicted octanol–water partition coefficient (Wildman–Crippen LogP) is 2.72. The molecule has 3 spiro atoms. The van der Waals surface area contributed by atoms with Crippen molar-refractivity contribution in [2.75, 3.05) is 25.5 Å². The zero-order valence-corrected chi connectivity index (χ0v) is 14.2. The van der Waals surface area contributed by atoms with Gasteiger partial charge >= 0.3 is 0 Å². The smallest absolute Gasteiger partial charge is 0.142 e. The summed E-state index contributed by atoms with van der Waals surface area (Å²) in [6.45, 7) is 2.10. The van der Waals surface area contributed by atoms with Crippen LogP contribution in [0, 0.1) is 5.41 Å². The maximum atomic E-state index is 13.1. The minimum Gasteiger partial charge on any atom is -0.495 e. The maximum absolute atomic E-state index is 13.1. The van der Waals surface area contributed by atoms with Gasteiger partial charge in [-0.15, -0.1) is 0 Å². The molecule has 24 heavy (non-hydrogen) atoms. The van der Waals surface area contributed by atoms with Gasteiger partial charge < -0.3 is 10.1 Å². The maximum Gasteiger partial charge on any atom is 0.142 e. The van der Waals surface area contributed by atoms with E-state index in [1.807, 2.05) is 0 Å². The van der Waals surface area contributed by atoms with Crippen LogP contribution < -0.4 is 10.1 Å². The lowest BCUT2D eigenvalue weighted by Gasteiger charge is -2.66. The lowest BCUT2D eigenvalue weighted by molar-refractivity contribution is -0.155. The van der Waals surface area contributed by atoms with E-state index in [-0.39, 0.29) is 16.4 Å².